The molecule has 0 amide bonds. The summed E-state index contributed by atoms with van der Waals surface area (Å²) in [5.74, 6) is 0.0845. The van der Waals surface area contributed by atoms with Gasteiger partial charge in [0.15, 0.2) is 0 Å². The molecule has 2 N–H and O–H groups in total. The van der Waals surface area contributed by atoms with E-state index >= 15 is 0 Å². The van der Waals surface area contributed by atoms with Crippen molar-refractivity contribution in [1.29, 1.82) is 0 Å². The molecule has 0 aromatic rings. The predicted molar refractivity (Wildman–Crippen MR) is 42.2 cm³/mol. The van der Waals surface area contributed by atoms with Gasteiger partial charge in [-0.2, -0.15) is 0 Å². The fourth-order valence-corrected chi connectivity index (χ4v) is 1.49. The SMILES string of the molecule is C[C@](O)(CF)[C@H]1CCCNC1. The van der Waals surface area contributed by atoms with E-state index in [1.54, 1.807) is 6.92 Å². The fraction of sp³-hybridized carbons (Fsp3) is 1.00. The Morgan fingerprint density at radius 3 is 2.91 bits per heavy atom. The summed E-state index contributed by atoms with van der Waals surface area (Å²) in [6.45, 7) is 2.68. The summed E-state index contributed by atoms with van der Waals surface area (Å²) in [6, 6.07) is 0. The van der Waals surface area contributed by atoms with Crippen LogP contribution in [0.4, 0.5) is 4.39 Å². The Morgan fingerprint density at radius 2 is 2.45 bits per heavy atom. The third kappa shape index (κ3) is 2.14. The van der Waals surface area contributed by atoms with Crippen LogP contribution < -0.4 is 5.32 Å². The standard InChI is InChI=1S/C8H16FNO/c1-8(11,6-9)7-3-2-4-10-5-7/h7,10-11H,2-6H2,1H3/t7-,8-/m0/s1. The van der Waals surface area contributed by atoms with Gasteiger partial charge >= 0.3 is 0 Å². The zero-order valence-corrected chi connectivity index (χ0v) is 6.94. The summed E-state index contributed by atoms with van der Waals surface area (Å²) < 4.78 is 12.3. The van der Waals surface area contributed by atoms with Crippen LogP contribution in [0.5, 0.6) is 0 Å². The average molecular weight is 161 g/mol. The molecule has 0 aromatic heterocycles. The van der Waals surface area contributed by atoms with Gasteiger partial charge in [0.05, 0.1) is 5.60 Å². The van der Waals surface area contributed by atoms with Crippen molar-refractivity contribution in [3.8, 4) is 0 Å². The van der Waals surface area contributed by atoms with Crippen LogP contribution in [-0.2, 0) is 0 Å². The van der Waals surface area contributed by atoms with Gasteiger partial charge in [-0.05, 0) is 26.3 Å². The van der Waals surface area contributed by atoms with E-state index in [0.29, 0.717) is 0 Å². The number of aliphatic hydroxyl groups is 1. The van der Waals surface area contributed by atoms with Crippen LogP contribution in [0.25, 0.3) is 0 Å². The van der Waals surface area contributed by atoms with E-state index in [4.69, 9.17) is 0 Å². The quantitative estimate of drug-likeness (QED) is 0.625. The molecule has 66 valence electrons. The first-order chi connectivity index (χ1) is 5.17. The number of halogens is 1. The van der Waals surface area contributed by atoms with E-state index in [2.05, 4.69) is 5.32 Å². The molecule has 0 spiro atoms. The molecule has 1 fully saturated rings. The molecule has 1 heterocycles. The Kier molecular flexibility index (Phi) is 2.84. The van der Waals surface area contributed by atoms with Crippen molar-refractivity contribution >= 4 is 0 Å². The molecule has 3 heteroatoms. The molecular weight excluding hydrogens is 145 g/mol. The molecule has 0 aromatic carbocycles. The average Bonchev–Trinajstić information content (AvgIpc) is 2.06. The van der Waals surface area contributed by atoms with Crippen LogP contribution in [0.1, 0.15) is 19.8 Å². The van der Waals surface area contributed by atoms with Gasteiger partial charge in [-0.25, -0.2) is 4.39 Å². The fourth-order valence-electron chi connectivity index (χ4n) is 1.49. The third-order valence-corrected chi connectivity index (χ3v) is 2.45. The van der Waals surface area contributed by atoms with Crippen molar-refractivity contribution < 1.29 is 9.50 Å². The Labute approximate surface area is 66.8 Å². The molecule has 0 saturated carbocycles. The van der Waals surface area contributed by atoms with Gasteiger partial charge in [0.1, 0.15) is 6.67 Å². The number of hydrogen-bond donors (Lipinski definition) is 2. The Balaban J connectivity index is 2.43. The van der Waals surface area contributed by atoms with Crippen molar-refractivity contribution in [3.63, 3.8) is 0 Å². The summed E-state index contributed by atoms with van der Waals surface area (Å²) in [5.41, 5.74) is -1.12. The zero-order chi connectivity index (χ0) is 8.32. The highest BCUT2D eigenvalue weighted by Crippen LogP contribution is 2.23. The smallest absolute Gasteiger partial charge is 0.118 e. The zero-order valence-electron chi connectivity index (χ0n) is 6.94. The monoisotopic (exact) mass is 161 g/mol. The van der Waals surface area contributed by atoms with Gasteiger partial charge in [-0.1, -0.05) is 0 Å². The first kappa shape index (κ1) is 8.94. The number of hydrogen-bond acceptors (Lipinski definition) is 2. The highest BCUT2D eigenvalue weighted by Gasteiger charge is 2.32. The number of nitrogens with one attached hydrogen (secondary N) is 1. The van der Waals surface area contributed by atoms with E-state index in [9.17, 15) is 9.50 Å². The molecule has 0 aliphatic carbocycles. The molecule has 11 heavy (non-hydrogen) atoms. The van der Waals surface area contributed by atoms with Crippen LogP contribution in [0.2, 0.25) is 0 Å². The van der Waals surface area contributed by atoms with Gasteiger partial charge in [-0.15, -0.1) is 0 Å². The van der Waals surface area contributed by atoms with Crippen LogP contribution in [0.3, 0.4) is 0 Å². The minimum atomic E-state index is -1.12. The first-order valence-electron chi connectivity index (χ1n) is 4.16. The summed E-state index contributed by atoms with van der Waals surface area (Å²) >= 11 is 0. The van der Waals surface area contributed by atoms with Gasteiger partial charge in [-0.3, -0.25) is 0 Å². The largest absolute Gasteiger partial charge is 0.387 e. The molecule has 1 aliphatic rings. The second-order valence-corrected chi connectivity index (χ2v) is 3.53. The van der Waals surface area contributed by atoms with E-state index < -0.39 is 12.3 Å². The Hall–Kier alpha value is -0.150. The van der Waals surface area contributed by atoms with Gasteiger partial charge in [0.25, 0.3) is 0 Å². The number of rotatable bonds is 2. The van der Waals surface area contributed by atoms with Crippen molar-refractivity contribution in [1.82, 2.24) is 5.32 Å². The molecular formula is C8H16FNO. The van der Waals surface area contributed by atoms with Crippen molar-refractivity contribution in [2.24, 2.45) is 5.92 Å². The second kappa shape index (κ2) is 3.50. The van der Waals surface area contributed by atoms with E-state index in [-0.39, 0.29) is 5.92 Å². The maximum atomic E-state index is 12.3. The third-order valence-electron chi connectivity index (χ3n) is 2.45. The summed E-state index contributed by atoms with van der Waals surface area (Å²) in [5, 5.41) is 12.7. The topological polar surface area (TPSA) is 32.3 Å². The maximum Gasteiger partial charge on any atom is 0.118 e. The van der Waals surface area contributed by atoms with Crippen LogP contribution >= 0.6 is 0 Å². The number of alkyl halides is 1. The highest BCUT2D eigenvalue weighted by atomic mass is 19.1. The van der Waals surface area contributed by atoms with Crippen molar-refractivity contribution in [3.05, 3.63) is 0 Å². The Bertz CT molecular complexity index is 121. The first-order valence-corrected chi connectivity index (χ1v) is 4.16. The lowest BCUT2D eigenvalue weighted by atomic mass is 9.84. The molecule has 2 nitrogen and oxygen atoms in total. The van der Waals surface area contributed by atoms with Gasteiger partial charge < -0.3 is 10.4 Å². The predicted octanol–water partition coefficient (Wildman–Crippen LogP) is 0.706. The molecule has 2 atom stereocenters. The highest BCUT2D eigenvalue weighted by molar-refractivity contribution is 4.85. The normalized spacial score (nSPS) is 31.4. The summed E-state index contributed by atoms with van der Waals surface area (Å²) in [6.07, 6.45) is 1.98. The summed E-state index contributed by atoms with van der Waals surface area (Å²) in [7, 11) is 0. The van der Waals surface area contributed by atoms with Crippen molar-refractivity contribution in [2.45, 2.75) is 25.4 Å². The molecule has 1 rings (SSSR count). The minimum Gasteiger partial charge on any atom is -0.387 e. The minimum absolute atomic E-state index is 0.0845. The van der Waals surface area contributed by atoms with E-state index in [1.807, 2.05) is 0 Å². The second-order valence-electron chi connectivity index (χ2n) is 3.53. The molecule has 1 saturated heterocycles. The van der Waals surface area contributed by atoms with Crippen LogP contribution in [0.15, 0.2) is 0 Å². The lowest BCUT2D eigenvalue weighted by Crippen LogP contribution is -2.45. The molecule has 1 aliphatic heterocycles. The molecule has 0 bridgehead atoms. The molecule has 0 radical (unpaired) electrons. The van der Waals surface area contributed by atoms with Gasteiger partial charge in [0, 0.05) is 12.5 Å². The lowest BCUT2D eigenvalue weighted by Gasteiger charge is -2.33. The maximum absolute atomic E-state index is 12.3. The van der Waals surface area contributed by atoms with E-state index in [1.165, 1.54) is 0 Å². The number of piperidine rings is 1. The summed E-state index contributed by atoms with van der Waals surface area (Å²) in [4.78, 5) is 0. The van der Waals surface area contributed by atoms with Gasteiger partial charge in [0.2, 0.25) is 0 Å². The van der Waals surface area contributed by atoms with Crippen LogP contribution in [-0.4, -0.2) is 30.5 Å². The lowest BCUT2D eigenvalue weighted by molar-refractivity contribution is -0.0298. The Morgan fingerprint density at radius 1 is 1.73 bits per heavy atom. The van der Waals surface area contributed by atoms with E-state index in [0.717, 1.165) is 25.9 Å². The molecule has 0 unspecified atom stereocenters. The van der Waals surface area contributed by atoms with Crippen LogP contribution in [0, 0.1) is 5.92 Å². The van der Waals surface area contributed by atoms with Crippen molar-refractivity contribution in [2.75, 3.05) is 19.8 Å².